The number of aliphatic hydroxyl groups is 1. The van der Waals surface area contributed by atoms with E-state index in [1.165, 1.54) is 6.07 Å². The molecule has 0 unspecified atom stereocenters. The molecule has 0 atom stereocenters. The van der Waals surface area contributed by atoms with Gasteiger partial charge in [-0.25, -0.2) is 4.39 Å². The topological polar surface area (TPSA) is 62.4 Å². The van der Waals surface area contributed by atoms with Crippen LogP contribution in [0.25, 0.3) is 11.5 Å². The summed E-state index contributed by atoms with van der Waals surface area (Å²) in [6.45, 7) is 0.978. The predicted molar refractivity (Wildman–Crippen MR) is 95.0 cm³/mol. The van der Waals surface area contributed by atoms with Gasteiger partial charge >= 0.3 is 0 Å². The van der Waals surface area contributed by atoms with Crippen LogP contribution in [0.5, 0.6) is 0 Å². The third-order valence-electron chi connectivity index (χ3n) is 3.66. The van der Waals surface area contributed by atoms with E-state index in [9.17, 15) is 9.50 Å². The predicted octanol–water partition coefficient (Wildman–Crippen LogP) is 3.63. The lowest BCUT2D eigenvalue weighted by atomic mass is 10.2. The number of aromatic nitrogens is 2. The normalized spacial score (nSPS) is 11.2. The Morgan fingerprint density at radius 1 is 1.08 bits per heavy atom. The summed E-state index contributed by atoms with van der Waals surface area (Å²) in [4.78, 5) is 1.85. The Kier molecular flexibility index (Phi) is 5.91. The van der Waals surface area contributed by atoms with E-state index >= 15 is 0 Å². The van der Waals surface area contributed by atoms with Gasteiger partial charge in [0.05, 0.1) is 13.2 Å². The molecule has 3 aromatic rings. The molecule has 0 saturated carbocycles. The van der Waals surface area contributed by atoms with Gasteiger partial charge in [-0.1, -0.05) is 34.1 Å². The maximum atomic E-state index is 14.0. The molecule has 0 aliphatic rings. The largest absolute Gasteiger partial charge is 0.419 e. The summed E-state index contributed by atoms with van der Waals surface area (Å²) in [5, 5.41) is 17.4. The zero-order valence-corrected chi connectivity index (χ0v) is 15.0. The van der Waals surface area contributed by atoms with Crippen LogP contribution in [0.3, 0.4) is 0 Å². The summed E-state index contributed by atoms with van der Waals surface area (Å²) in [6.07, 6.45) is 0. The van der Waals surface area contributed by atoms with Gasteiger partial charge in [0.1, 0.15) is 5.82 Å². The Labute approximate surface area is 153 Å². The van der Waals surface area contributed by atoms with Crippen molar-refractivity contribution in [3.05, 3.63) is 70.3 Å². The lowest BCUT2D eigenvalue weighted by Gasteiger charge is -2.19. The molecule has 7 heteroatoms. The maximum absolute atomic E-state index is 14.0. The molecule has 0 spiro atoms. The van der Waals surface area contributed by atoms with Crippen LogP contribution in [-0.2, 0) is 13.1 Å². The van der Waals surface area contributed by atoms with Gasteiger partial charge in [-0.15, -0.1) is 10.2 Å². The molecule has 1 N–H and O–H groups in total. The molecule has 3 rings (SSSR count). The summed E-state index contributed by atoms with van der Waals surface area (Å²) in [7, 11) is 0. The first-order valence-corrected chi connectivity index (χ1v) is 8.60. The quantitative estimate of drug-likeness (QED) is 0.649. The molecule has 0 aliphatic heterocycles. The SMILES string of the molecule is OCCN(Cc1nnc(-c2ccccc2)o1)Cc1cc(Br)ccc1F. The second-order valence-electron chi connectivity index (χ2n) is 5.54. The van der Waals surface area contributed by atoms with Crippen molar-refractivity contribution in [3.8, 4) is 11.5 Å². The number of nitrogens with zero attached hydrogens (tertiary/aromatic N) is 3. The molecule has 2 aromatic carbocycles. The van der Waals surface area contributed by atoms with Gasteiger partial charge < -0.3 is 9.52 Å². The van der Waals surface area contributed by atoms with E-state index in [1.54, 1.807) is 12.1 Å². The van der Waals surface area contributed by atoms with Crippen LogP contribution in [0.4, 0.5) is 4.39 Å². The molecule has 25 heavy (non-hydrogen) atoms. The highest BCUT2D eigenvalue weighted by Gasteiger charge is 2.15. The molecule has 1 aromatic heterocycles. The first-order valence-electron chi connectivity index (χ1n) is 7.80. The van der Waals surface area contributed by atoms with Gasteiger partial charge in [-0.3, -0.25) is 4.90 Å². The monoisotopic (exact) mass is 405 g/mol. The maximum Gasteiger partial charge on any atom is 0.247 e. The molecule has 0 amide bonds. The summed E-state index contributed by atoms with van der Waals surface area (Å²) >= 11 is 3.35. The second kappa shape index (κ2) is 8.33. The molecule has 0 saturated heterocycles. The van der Waals surface area contributed by atoms with E-state index in [0.29, 0.717) is 37.0 Å². The van der Waals surface area contributed by atoms with Gasteiger partial charge in [0.15, 0.2) is 0 Å². The zero-order chi connectivity index (χ0) is 17.6. The van der Waals surface area contributed by atoms with Crippen molar-refractivity contribution in [2.24, 2.45) is 0 Å². The van der Waals surface area contributed by atoms with Crippen LogP contribution < -0.4 is 0 Å². The van der Waals surface area contributed by atoms with Crippen molar-refractivity contribution in [3.63, 3.8) is 0 Å². The highest BCUT2D eigenvalue weighted by atomic mass is 79.9. The van der Waals surface area contributed by atoms with E-state index in [1.807, 2.05) is 35.2 Å². The van der Waals surface area contributed by atoms with Crippen molar-refractivity contribution in [1.82, 2.24) is 15.1 Å². The standard InChI is InChI=1S/C18H17BrFN3O2/c19-15-6-7-16(20)14(10-15)11-23(8-9-24)12-17-21-22-18(25-17)13-4-2-1-3-5-13/h1-7,10,24H,8-9,11-12H2. The van der Waals surface area contributed by atoms with Crippen LogP contribution in [0.1, 0.15) is 11.5 Å². The third kappa shape index (κ3) is 4.72. The number of halogens is 2. The molecule has 130 valence electrons. The lowest BCUT2D eigenvalue weighted by Crippen LogP contribution is -2.26. The molecule has 5 nitrogen and oxygen atoms in total. The van der Waals surface area contributed by atoms with E-state index in [2.05, 4.69) is 26.1 Å². The third-order valence-corrected chi connectivity index (χ3v) is 4.16. The van der Waals surface area contributed by atoms with Crippen molar-refractivity contribution >= 4 is 15.9 Å². The fraction of sp³-hybridized carbons (Fsp3) is 0.222. The first kappa shape index (κ1) is 17.7. The number of aliphatic hydroxyl groups excluding tert-OH is 1. The number of hydrogen-bond donors (Lipinski definition) is 1. The van der Waals surface area contributed by atoms with E-state index in [4.69, 9.17) is 4.42 Å². The van der Waals surface area contributed by atoms with Gasteiger partial charge in [0.2, 0.25) is 11.8 Å². The first-order chi connectivity index (χ1) is 12.2. The van der Waals surface area contributed by atoms with E-state index < -0.39 is 0 Å². The van der Waals surface area contributed by atoms with Crippen LogP contribution in [0, 0.1) is 5.82 Å². The van der Waals surface area contributed by atoms with Gasteiger partial charge in [-0.2, -0.15) is 0 Å². The van der Waals surface area contributed by atoms with E-state index in [0.717, 1.165) is 10.0 Å². The number of benzene rings is 2. The smallest absolute Gasteiger partial charge is 0.247 e. The highest BCUT2D eigenvalue weighted by molar-refractivity contribution is 9.10. The Morgan fingerprint density at radius 2 is 1.88 bits per heavy atom. The summed E-state index contributed by atoms with van der Waals surface area (Å²) in [5.41, 5.74) is 1.37. The van der Waals surface area contributed by atoms with Crippen molar-refractivity contribution in [1.29, 1.82) is 0 Å². The fourth-order valence-electron chi connectivity index (χ4n) is 2.47. The van der Waals surface area contributed by atoms with Crippen molar-refractivity contribution in [2.45, 2.75) is 13.1 Å². The Balaban J connectivity index is 1.74. The Bertz CT molecular complexity index is 826. The van der Waals surface area contributed by atoms with Crippen molar-refractivity contribution in [2.75, 3.05) is 13.2 Å². The van der Waals surface area contributed by atoms with Gasteiger partial charge in [-0.05, 0) is 30.3 Å². The summed E-state index contributed by atoms with van der Waals surface area (Å²) in [5.74, 6) is 0.567. The van der Waals surface area contributed by atoms with Gasteiger partial charge in [0, 0.05) is 28.7 Å². The molecular weight excluding hydrogens is 389 g/mol. The number of rotatable bonds is 7. The minimum atomic E-state index is -0.290. The molecule has 0 radical (unpaired) electrons. The highest BCUT2D eigenvalue weighted by Crippen LogP contribution is 2.20. The molecule has 1 heterocycles. The second-order valence-corrected chi connectivity index (χ2v) is 6.45. The Hall–Kier alpha value is -2.09. The van der Waals surface area contributed by atoms with Crippen LogP contribution in [0.2, 0.25) is 0 Å². The molecule has 0 fully saturated rings. The molecular formula is C18H17BrFN3O2. The van der Waals surface area contributed by atoms with Gasteiger partial charge in [0.25, 0.3) is 0 Å². The van der Waals surface area contributed by atoms with Crippen LogP contribution in [-0.4, -0.2) is 33.4 Å². The number of hydrogen-bond acceptors (Lipinski definition) is 5. The molecule has 0 bridgehead atoms. The fourth-order valence-corrected chi connectivity index (χ4v) is 2.88. The van der Waals surface area contributed by atoms with Crippen LogP contribution in [0.15, 0.2) is 57.4 Å². The average Bonchev–Trinajstić information content (AvgIpc) is 3.08. The summed E-state index contributed by atoms with van der Waals surface area (Å²) < 4.78 is 20.5. The Morgan fingerprint density at radius 3 is 2.64 bits per heavy atom. The lowest BCUT2D eigenvalue weighted by molar-refractivity contribution is 0.171. The van der Waals surface area contributed by atoms with Crippen molar-refractivity contribution < 1.29 is 13.9 Å². The van der Waals surface area contributed by atoms with E-state index in [-0.39, 0.29) is 12.4 Å². The van der Waals surface area contributed by atoms with Crippen LogP contribution >= 0.6 is 15.9 Å². The molecule has 0 aliphatic carbocycles. The minimum Gasteiger partial charge on any atom is -0.419 e. The minimum absolute atomic E-state index is 0.0463. The summed E-state index contributed by atoms with van der Waals surface area (Å²) in [6, 6.07) is 14.3. The zero-order valence-electron chi connectivity index (χ0n) is 13.4. The average molecular weight is 406 g/mol.